The van der Waals surface area contributed by atoms with Crippen LogP contribution in [0, 0.1) is 5.92 Å². The number of rotatable bonds is 2. The highest BCUT2D eigenvalue weighted by Crippen LogP contribution is 2.24. The summed E-state index contributed by atoms with van der Waals surface area (Å²) in [4.78, 5) is 32.4. The minimum atomic E-state index is -0.781. The third-order valence-electron chi connectivity index (χ3n) is 3.29. The first kappa shape index (κ1) is 12.5. The molecule has 2 unspecified atom stereocenters. The van der Waals surface area contributed by atoms with Gasteiger partial charge < -0.3 is 10.0 Å². The molecule has 0 aliphatic carbocycles. The Morgan fingerprint density at radius 3 is 2.61 bits per heavy atom. The Morgan fingerprint density at radius 2 is 2.06 bits per heavy atom. The molecule has 2 rings (SSSR count). The summed E-state index contributed by atoms with van der Waals surface area (Å²) in [6.07, 6.45) is 5.32. The van der Waals surface area contributed by atoms with Gasteiger partial charge in [0, 0.05) is 25.0 Å². The van der Waals surface area contributed by atoms with Crippen molar-refractivity contribution in [3.05, 3.63) is 24.3 Å². The maximum absolute atomic E-state index is 12.2. The Hall–Kier alpha value is -1.98. The second kappa shape index (κ2) is 5.12. The first-order valence-electron chi connectivity index (χ1n) is 5.88. The lowest BCUT2D eigenvalue weighted by atomic mass is 9.91. The van der Waals surface area contributed by atoms with Crippen molar-refractivity contribution in [1.82, 2.24) is 14.9 Å². The Morgan fingerprint density at radius 1 is 1.39 bits per heavy atom. The number of likely N-dealkylation sites (tertiary alicyclic amines) is 1. The SMILES string of the molecule is CC1CC(C(=O)O)CCN1C(=O)c1cncnc1. The van der Waals surface area contributed by atoms with Gasteiger partial charge in [-0.3, -0.25) is 9.59 Å². The van der Waals surface area contributed by atoms with E-state index in [2.05, 4.69) is 9.97 Å². The van der Waals surface area contributed by atoms with Crippen molar-refractivity contribution in [3.63, 3.8) is 0 Å². The van der Waals surface area contributed by atoms with Crippen molar-refractivity contribution in [2.45, 2.75) is 25.8 Å². The van der Waals surface area contributed by atoms with Crippen molar-refractivity contribution in [1.29, 1.82) is 0 Å². The number of piperidine rings is 1. The average molecular weight is 249 g/mol. The predicted molar refractivity (Wildman–Crippen MR) is 62.9 cm³/mol. The number of nitrogens with zero attached hydrogens (tertiary/aromatic N) is 3. The van der Waals surface area contributed by atoms with Crippen molar-refractivity contribution >= 4 is 11.9 Å². The number of hydrogen-bond donors (Lipinski definition) is 1. The summed E-state index contributed by atoms with van der Waals surface area (Å²) in [5.41, 5.74) is 0.443. The molecule has 0 saturated carbocycles. The molecule has 1 aliphatic heterocycles. The summed E-state index contributed by atoms with van der Waals surface area (Å²) in [5.74, 6) is -1.26. The number of aromatic nitrogens is 2. The molecule has 1 amide bonds. The van der Waals surface area contributed by atoms with Crippen LogP contribution in [0.1, 0.15) is 30.1 Å². The molecule has 2 atom stereocenters. The number of carboxylic acids is 1. The molecular formula is C12H15N3O3. The van der Waals surface area contributed by atoms with E-state index in [0.29, 0.717) is 24.9 Å². The lowest BCUT2D eigenvalue weighted by Crippen LogP contribution is -2.46. The Bertz CT molecular complexity index is 449. The first-order chi connectivity index (χ1) is 8.59. The maximum Gasteiger partial charge on any atom is 0.306 e. The van der Waals surface area contributed by atoms with Crippen LogP contribution in [0.5, 0.6) is 0 Å². The van der Waals surface area contributed by atoms with E-state index < -0.39 is 5.97 Å². The van der Waals surface area contributed by atoms with Crippen molar-refractivity contribution in [2.24, 2.45) is 5.92 Å². The van der Waals surface area contributed by atoms with Crippen LogP contribution in [0.25, 0.3) is 0 Å². The largest absolute Gasteiger partial charge is 0.481 e. The van der Waals surface area contributed by atoms with Crippen LogP contribution in [0.3, 0.4) is 0 Å². The summed E-state index contributed by atoms with van der Waals surface area (Å²) in [6, 6.07) is -0.0763. The van der Waals surface area contributed by atoms with Crippen LogP contribution in [0.15, 0.2) is 18.7 Å². The number of carbonyl (C=O) groups is 2. The molecule has 0 spiro atoms. The molecule has 1 N–H and O–H groups in total. The van der Waals surface area contributed by atoms with Gasteiger partial charge in [-0.05, 0) is 19.8 Å². The standard InChI is InChI=1S/C12H15N3O3/c1-8-4-9(12(17)18)2-3-15(8)11(16)10-5-13-7-14-6-10/h5-9H,2-4H2,1H3,(H,17,18). The third-order valence-corrected chi connectivity index (χ3v) is 3.29. The smallest absolute Gasteiger partial charge is 0.306 e. The summed E-state index contributed by atoms with van der Waals surface area (Å²) in [7, 11) is 0. The number of hydrogen-bond acceptors (Lipinski definition) is 4. The van der Waals surface area contributed by atoms with Gasteiger partial charge in [-0.15, -0.1) is 0 Å². The molecule has 0 radical (unpaired) electrons. The minimum absolute atomic E-state index is 0.0763. The van der Waals surface area contributed by atoms with E-state index in [1.54, 1.807) is 4.90 Å². The molecule has 0 aromatic carbocycles. The molecule has 1 aromatic heterocycles. The van der Waals surface area contributed by atoms with Crippen LogP contribution in [-0.4, -0.2) is 44.4 Å². The van der Waals surface area contributed by atoms with Gasteiger partial charge in [0.2, 0.25) is 0 Å². The third kappa shape index (κ3) is 2.47. The predicted octanol–water partition coefficient (Wildman–Crippen LogP) is 0.802. The highest BCUT2D eigenvalue weighted by molar-refractivity contribution is 5.94. The molecule has 18 heavy (non-hydrogen) atoms. The lowest BCUT2D eigenvalue weighted by molar-refractivity contribution is -0.143. The fourth-order valence-corrected chi connectivity index (χ4v) is 2.27. The van der Waals surface area contributed by atoms with E-state index in [-0.39, 0.29) is 17.9 Å². The van der Waals surface area contributed by atoms with Crippen molar-refractivity contribution in [2.75, 3.05) is 6.54 Å². The van der Waals surface area contributed by atoms with Gasteiger partial charge in [-0.1, -0.05) is 0 Å². The molecule has 96 valence electrons. The zero-order chi connectivity index (χ0) is 13.1. The van der Waals surface area contributed by atoms with E-state index in [9.17, 15) is 9.59 Å². The number of amides is 1. The van der Waals surface area contributed by atoms with Gasteiger partial charge in [0.05, 0.1) is 11.5 Å². The highest BCUT2D eigenvalue weighted by atomic mass is 16.4. The van der Waals surface area contributed by atoms with Gasteiger partial charge in [-0.2, -0.15) is 0 Å². The molecule has 6 nitrogen and oxygen atoms in total. The molecule has 1 aromatic rings. The van der Waals surface area contributed by atoms with Gasteiger partial charge in [0.25, 0.3) is 5.91 Å². The van der Waals surface area contributed by atoms with Gasteiger partial charge in [0.15, 0.2) is 0 Å². The number of aliphatic carboxylic acids is 1. The average Bonchev–Trinajstić information content (AvgIpc) is 2.38. The molecule has 0 bridgehead atoms. The monoisotopic (exact) mass is 249 g/mol. The molecule has 2 heterocycles. The first-order valence-corrected chi connectivity index (χ1v) is 5.88. The zero-order valence-electron chi connectivity index (χ0n) is 10.1. The van der Waals surface area contributed by atoms with Gasteiger partial charge in [0.1, 0.15) is 6.33 Å². The van der Waals surface area contributed by atoms with Crippen LogP contribution in [0.2, 0.25) is 0 Å². The topological polar surface area (TPSA) is 83.4 Å². The van der Waals surface area contributed by atoms with Gasteiger partial charge in [-0.25, -0.2) is 9.97 Å². The highest BCUT2D eigenvalue weighted by Gasteiger charge is 2.32. The Balaban J connectivity index is 2.07. The van der Waals surface area contributed by atoms with E-state index >= 15 is 0 Å². The summed E-state index contributed by atoms with van der Waals surface area (Å²) < 4.78 is 0. The second-order valence-electron chi connectivity index (χ2n) is 4.53. The fraction of sp³-hybridized carbons (Fsp3) is 0.500. The van der Waals surface area contributed by atoms with E-state index in [1.165, 1.54) is 18.7 Å². The Labute approximate surface area is 105 Å². The van der Waals surface area contributed by atoms with Crippen LogP contribution >= 0.6 is 0 Å². The quantitative estimate of drug-likeness (QED) is 0.838. The number of carbonyl (C=O) groups excluding carboxylic acids is 1. The summed E-state index contributed by atoms with van der Waals surface area (Å²) in [5, 5.41) is 8.97. The maximum atomic E-state index is 12.2. The molecule has 1 saturated heterocycles. The lowest BCUT2D eigenvalue weighted by Gasteiger charge is -2.36. The van der Waals surface area contributed by atoms with Gasteiger partial charge >= 0.3 is 5.97 Å². The zero-order valence-corrected chi connectivity index (χ0v) is 10.1. The normalized spacial score (nSPS) is 23.7. The van der Waals surface area contributed by atoms with Crippen molar-refractivity contribution < 1.29 is 14.7 Å². The Kier molecular flexibility index (Phi) is 3.55. The molecular weight excluding hydrogens is 234 g/mol. The molecule has 1 fully saturated rings. The second-order valence-corrected chi connectivity index (χ2v) is 4.53. The van der Waals surface area contributed by atoms with E-state index in [1.807, 2.05) is 6.92 Å². The number of carboxylic acid groups (broad SMARTS) is 1. The molecule has 1 aliphatic rings. The summed E-state index contributed by atoms with van der Waals surface area (Å²) >= 11 is 0. The van der Waals surface area contributed by atoms with Crippen molar-refractivity contribution in [3.8, 4) is 0 Å². The molecule has 6 heteroatoms. The van der Waals surface area contributed by atoms with E-state index in [0.717, 1.165) is 0 Å². The van der Waals surface area contributed by atoms with Crippen LogP contribution in [0.4, 0.5) is 0 Å². The van der Waals surface area contributed by atoms with E-state index in [4.69, 9.17) is 5.11 Å². The van der Waals surface area contributed by atoms with Crippen LogP contribution in [-0.2, 0) is 4.79 Å². The summed E-state index contributed by atoms with van der Waals surface area (Å²) in [6.45, 7) is 2.34. The van der Waals surface area contributed by atoms with Crippen LogP contribution < -0.4 is 0 Å². The fourth-order valence-electron chi connectivity index (χ4n) is 2.27. The minimum Gasteiger partial charge on any atom is -0.481 e.